The Labute approximate surface area is 107 Å². The number of allylic oxidation sites excluding steroid dienone is 3. The van der Waals surface area contributed by atoms with Gasteiger partial charge in [-0.3, -0.25) is 0 Å². The molecular weight excluding hydrogens is 228 g/mol. The van der Waals surface area contributed by atoms with Crippen molar-refractivity contribution >= 4 is 5.97 Å². The van der Waals surface area contributed by atoms with Crippen LogP contribution in [-0.4, -0.2) is 17.7 Å². The first-order chi connectivity index (χ1) is 8.70. The number of carbonyl (C=O) groups is 1. The fourth-order valence-corrected chi connectivity index (χ4v) is 1.50. The Morgan fingerprint density at radius 3 is 2.61 bits per heavy atom. The van der Waals surface area contributed by atoms with Gasteiger partial charge in [0.1, 0.15) is 6.10 Å². The van der Waals surface area contributed by atoms with Crippen molar-refractivity contribution in [2.75, 3.05) is 6.61 Å². The summed E-state index contributed by atoms with van der Waals surface area (Å²) in [5, 5.41) is 10.2. The average Bonchev–Trinajstić information content (AvgIpc) is 2.40. The van der Waals surface area contributed by atoms with E-state index in [9.17, 15) is 9.90 Å². The fourth-order valence-electron chi connectivity index (χ4n) is 1.50. The first kappa shape index (κ1) is 14.2. The van der Waals surface area contributed by atoms with Gasteiger partial charge in [0.15, 0.2) is 0 Å². The van der Waals surface area contributed by atoms with E-state index in [1.165, 1.54) is 0 Å². The van der Waals surface area contributed by atoms with E-state index in [1.807, 2.05) is 25.1 Å². The third-order valence-corrected chi connectivity index (χ3v) is 2.39. The van der Waals surface area contributed by atoms with Crippen LogP contribution < -0.4 is 0 Å². The van der Waals surface area contributed by atoms with Crippen LogP contribution in [0.2, 0.25) is 0 Å². The monoisotopic (exact) mass is 246 g/mol. The van der Waals surface area contributed by atoms with Gasteiger partial charge in [-0.25, -0.2) is 4.79 Å². The SMILES string of the molecule is C/C=C\C=C(\C(=O)OCC)C(O)c1ccccc1. The minimum absolute atomic E-state index is 0.237. The number of carbonyl (C=O) groups excluding carboxylic acids is 1. The predicted molar refractivity (Wildman–Crippen MR) is 70.9 cm³/mol. The number of rotatable bonds is 5. The van der Waals surface area contributed by atoms with E-state index >= 15 is 0 Å². The highest BCUT2D eigenvalue weighted by Gasteiger charge is 2.20. The first-order valence-corrected chi connectivity index (χ1v) is 5.93. The van der Waals surface area contributed by atoms with Gasteiger partial charge in [0, 0.05) is 0 Å². The van der Waals surface area contributed by atoms with Crippen LogP contribution in [0.4, 0.5) is 0 Å². The van der Waals surface area contributed by atoms with Crippen molar-refractivity contribution < 1.29 is 14.6 Å². The second kappa shape index (κ2) is 7.45. The van der Waals surface area contributed by atoms with Gasteiger partial charge in [0.25, 0.3) is 0 Å². The summed E-state index contributed by atoms with van der Waals surface area (Å²) in [6.07, 6.45) is 4.10. The molecule has 1 aromatic rings. The molecular formula is C15H18O3. The first-order valence-electron chi connectivity index (χ1n) is 5.93. The van der Waals surface area contributed by atoms with E-state index in [-0.39, 0.29) is 12.2 Å². The maximum absolute atomic E-state index is 11.8. The number of aliphatic hydroxyl groups is 1. The van der Waals surface area contributed by atoms with E-state index in [4.69, 9.17) is 4.74 Å². The summed E-state index contributed by atoms with van der Waals surface area (Å²) in [5.74, 6) is -0.494. The maximum atomic E-state index is 11.8. The Balaban J connectivity index is 3.00. The molecule has 0 aliphatic heterocycles. The molecule has 0 radical (unpaired) electrons. The second-order valence-corrected chi connectivity index (χ2v) is 3.68. The Kier molecular flexibility index (Phi) is 5.88. The fraction of sp³-hybridized carbons (Fsp3) is 0.267. The molecule has 1 N–H and O–H groups in total. The van der Waals surface area contributed by atoms with Gasteiger partial charge in [-0.1, -0.05) is 42.5 Å². The second-order valence-electron chi connectivity index (χ2n) is 3.68. The summed E-state index contributed by atoms with van der Waals surface area (Å²) >= 11 is 0. The van der Waals surface area contributed by atoms with Crippen LogP contribution in [0.1, 0.15) is 25.5 Å². The predicted octanol–water partition coefficient (Wildman–Crippen LogP) is 2.79. The van der Waals surface area contributed by atoms with Crippen molar-refractivity contribution in [3.8, 4) is 0 Å². The Bertz CT molecular complexity index is 432. The van der Waals surface area contributed by atoms with E-state index in [1.54, 1.807) is 37.3 Å². The lowest BCUT2D eigenvalue weighted by Crippen LogP contribution is -2.14. The average molecular weight is 246 g/mol. The number of hydrogen-bond acceptors (Lipinski definition) is 3. The molecule has 0 saturated heterocycles. The lowest BCUT2D eigenvalue weighted by molar-refractivity contribution is -0.139. The van der Waals surface area contributed by atoms with Crippen molar-refractivity contribution in [2.24, 2.45) is 0 Å². The number of benzene rings is 1. The summed E-state index contributed by atoms with van der Waals surface area (Å²) in [6, 6.07) is 9.03. The number of ether oxygens (including phenoxy) is 1. The summed E-state index contributed by atoms with van der Waals surface area (Å²) in [7, 11) is 0. The molecule has 0 amide bonds. The zero-order chi connectivity index (χ0) is 13.4. The van der Waals surface area contributed by atoms with Crippen molar-refractivity contribution in [3.63, 3.8) is 0 Å². The normalized spacial score (nSPS) is 13.6. The number of aliphatic hydroxyl groups excluding tert-OH is 1. The number of hydrogen-bond donors (Lipinski definition) is 1. The highest BCUT2D eigenvalue weighted by Crippen LogP contribution is 2.22. The van der Waals surface area contributed by atoms with Crippen molar-refractivity contribution in [1.82, 2.24) is 0 Å². The largest absolute Gasteiger partial charge is 0.463 e. The molecule has 0 fully saturated rings. The smallest absolute Gasteiger partial charge is 0.337 e. The molecule has 1 aromatic carbocycles. The third kappa shape index (κ3) is 3.86. The molecule has 1 rings (SSSR count). The van der Waals surface area contributed by atoms with Crippen LogP contribution in [-0.2, 0) is 9.53 Å². The van der Waals surface area contributed by atoms with Crippen LogP contribution in [0.25, 0.3) is 0 Å². The van der Waals surface area contributed by atoms with E-state index in [0.29, 0.717) is 5.56 Å². The van der Waals surface area contributed by atoms with Crippen molar-refractivity contribution in [2.45, 2.75) is 20.0 Å². The Hall–Kier alpha value is -1.87. The molecule has 0 heterocycles. The molecule has 0 saturated carbocycles. The van der Waals surface area contributed by atoms with Crippen LogP contribution in [0.3, 0.4) is 0 Å². The van der Waals surface area contributed by atoms with Gasteiger partial charge in [0.2, 0.25) is 0 Å². The lowest BCUT2D eigenvalue weighted by atomic mass is 10.0. The highest BCUT2D eigenvalue weighted by atomic mass is 16.5. The Morgan fingerprint density at radius 1 is 1.39 bits per heavy atom. The number of esters is 1. The third-order valence-electron chi connectivity index (χ3n) is 2.39. The molecule has 18 heavy (non-hydrogen) atoms. The quantitative estimate of drug-likeness (QED) is 0.493. The zero-order valence-electron chi connectivity index (χ0n) is 10.7. The van der Waals surface area contributed by atoms with E-state index in [2.05, 4.69) is 0 Å². The summed E-state index contributed by atoms with van der Waals surface area (Å²) in [4.78, 5) is 11.8. The summed E-state index contributed by atoms with van der Waals surface area (Å²) in [5.41, 5.74) is 0.905. The van der Waals surface area contributed by atoms with Crippen LogP contribution >= 0.6 is 0 Å². The van der Waals surface area contributed by atoms with Gasteiger partial charge in [0.05, 0.1) is 12.2 Å². The van der Waals surface area contributed by atoms with Gasteiger partial charge in [-0.2, -0.15) is 0 Å². The minimum atomic E-state index is -0.971. The maximum Gasteiger partial charge on any atom is 0.337 e. The van der Waals surface area contributed by atoms with Crippen molar-refractivity contribution in [1.29, 1.82) is 0 Å². The lowest BCUT2D eigenvalue weighted by Gasteiger charge is -2.13. The minimum Gasteiger partial charge on any atom is -0.463 e. The van der Waals surface area contributed by atoms with Crippen molar-refractivity contribution in [3.05, 3.63) is 59.7 Å². The Morgan fingerprint density at radius 2 is 2.06 bits per heavy atom. The zero-order valence-corrected chi connectivity index (χ0v) is 10.7. The molecule has 0 aromatic heterocycles. The van der Waals surface area contributed by atoms with E-state index in [0.717, 1.165) is 0 Å². The van der Waals surface area contributed by atoms with Gasteiger partial charge >= 0.3 is 5.97 Å². The van der Waals surface area contributed by atoms with Gasteiger partial charge in [-0.05, 0) is 25.5 Å². The molecule has 3 heteroatoms. The summed E-state index contributed by atoms with van der Waals surface area (Å²) < 4.78 is 4.94. The highest BCUT2D eigenvalue weighted by molar-refractivity contribution is 5.90. The molecule has 1 atom stereocenters. The molecule has 0 spiro atoms. The molecule has 1 unspecified atom stereocenters. The molecule has 3 nitrogen and oxygen atoms in total. The molecule has 0 aliphatic rings. The molecule has 0 aliphatic carbocycles. The topological polar surface area (TPSA) is 46.5 Å². The summed E-state index contributed by atoms with van der Waals surface area (Å²) in [6.45, 7) is 3.86. The van der Waals surface area contributed by atoms with Crippen LogP contribution in [0.5, 0.6) is 0 Å². The van der Waals surface area contributed by atoms with Gasteiger partial charge in [-0.15, -0.1) is 0 Å². The van der Waals surface area contributed by atoms with Gasteiger partial charge < -0.3 is 9.84 Å². The van der Waals surface area contributed by atoms with E-state index < -0.39 is 12.1 Å². The van der Waals surface area contributed by atoms with Crippen LogP contribution in [0, 0.1) is 0 Å². The standard InChI is InChI=1S/C15H18O3/c1-3-5-11-13(15(17)18-4-2)14(16)12-9-7-6-8-10-12/h3,5-11,14,16H,4H2,1-2H3/b5-3-,13-11+. The van der Waals surface area contributed by atoms with Crippen LogP contribution in [0.15, 0.2) is 54.1 Å². The molecule has 96 valence electrons. The molecule has 0 bridgehead atoms.